The van der Waals surface area contributed by atoms with Gasteiger partial charge < -0.3 is 10.0 Å². The summed E-state index contributed by atoms with van der Waals surface area (Å²) < 4.78 is 0. The van der Waals surface area contributed by atoms with E-state index >= 15 is 0 Å². The lowest BCUT2D eigenvalue weighted by atomic mass is 10.1. The first kappa shape index (κ1) is 13.7. The third kappa shape index (κ3) is 2.94. The first-order valence-electron chi connectivity index (χ1n) is 7.31. The minimum atomic E-state index is -0.0965. The van der Waals surface area contributed by atoms with Crippen LogP contribution in [0.3, 0.4) is 0 Å². The zero-order valence-corrected chi connectivity index (χ0v) is 12.2. The quantitative estimate of drug-likeness (QED) is 0.853. The summed E-state index contributed by atoms with van der Waals surface area (Å²) in [6.07, 6.45) is 1.11. The maximum atomic E-state index is 8.79. The summed E-state index contributed by atoms with van der Waals surface area (Å²) in [7, 11) is 0. The number of hydrogen-bond acceptors (Lipinski definition) is 2. The van der Waals surface area contributed by atoms with Gasteiger partial charge in [0, 0.05) is 23.8 Å². The van der Waals surface area contributed by atoms with Gasteiger partial charge in [-0.15, -0.1) is 0 Å². The summed E-state index contributed by atoms with van der Waals surface area (Å²) in [5, 5.41) is 8.79. The second-order valence-corrected chi connectivity index (χ2v) is 5.47. The van der Waals surface area contributed by atoms with Crippen molar-refractivity contribution in [2.75, 3.05) is 11.5 Å². The number of benzene rings is 2. The van der Waals surface area contributed by atoms with Gasteiger partial charge in [-0.3, -0.25) is 0 Å². The zero-order chi connectivity index (χ0) is 14.7. The standard InChI is InChI=1S/C19H19NO/c1-15-12-18-9-2-3-10-19(18)20(15)14-17-7-4-6-16(13-17)8-5-11-21/h2-4,6-7,9-10,13,15,21H,11-12,14H2,1H3. The van der Waals surface area contributed by atoms with E-state index in [1.54, 1.807) is 0 Å². The normalized spacial score (nSPS) is 16.3. The molecule has 0 saturated carbocycles. The number of nitrogens with zero attached hydrogens (tertiary/aromatic N) is 1. The SMILES string of the molecule is CC1Cc2ccccc2N1Cc1cccc(C#CCO)c1. The second kappa shape index (κ2) is 6.03. The number of rotatable bonds is 2. The molecule has 1 aliphatic rings. The van der Waals surface area contributed by atoms with Gasteiger partial charge in [-0.2, -0.15) is 0 Å². The van der Waals surface area contributed by atoms with Crippen LogP contribution in [0, 0.1) is 11.8 Å². The molecule has 0 aromatic heterocycles. The Labute approximate surface area is 126 Å². The van der Waals surface area contributed by atoms with E-state index in [9.17, 15) is 0 Å². The molecule has 21 heavy (non-hydrogen) atoms. The highest BCUT2D eigenvalue weighted by atomic mass is 16.2. The minimum Gasteiger partial charge on any atom is -0.384 e. The van der Waals surface area contributed by atoms with E-state index in [4.69, 9.17) is 5.11 Å². The summed E-state index contributed by atoms with van der Waals surface area (Å²) in [6, 6.07) is 17.4. The number of anilines is 1. The number of hydrogen-bond donors (Lipinski definition) is 1. The fourth-order valence-corrected chi connectivity index (χ4v) is 2.96. The smallest absolute Gasteiger partial charge is 0.104 e. The Kier molecular flexibility index (Phi) is 3.94. The Morgan fingerprint density at radius 3 is 2.90 bits per heavy atom. The Morgan fingerprint density at radius 2 is 2.05 bits per heavy atom. The van der Waals surface area contributed by atoms with Crippen molar-refractivity contribution in [2.24, 2.45) is 0 Å². The van der Waals surface area contributed by atoms with Gasteiger partial charge in [0.05, 0.1) is 0 Å². The number of para-hydroxylation sites is 1. The van der Waals surface area contributed by atoms with Gasteiger partial charge in [0.25, 0.3) is 0 Å². The highest BCUT2D eigenvalue weighted by molar-refractivity contribution is 5.59. The van der Waals surface area contributed by atoms with Crippen LogP contribution < -0.4 is 4.90 Å². The lowest BCUT2D eigenvalue weighted by Crippen LogP contribution is -2.28. The van der Waals surface area contributed by atoms with E-state index in [1.807, 2.05) is 12.1 Å². The van der Waals surface area contributed by atoms with Crippen LogP contribution in [0.4, 0.5) is 5.69 Å². The molecular formula is C19H19NO. The van der Waals surface area contributed by atoms with Crippen molar-refractivity contribution >= 4 is 5.69 Å². The molecule has 2 aromatic carbocycles. The molecule has 0 fully saturated rings. The average molecular weight is 277 g/mol. The molecule has 3 rings (SSSR count). The third-order valence-electron chi connectivity index (χ3n) is 3.94. The molecule has 1 unspecified atom stereocenters. The van der Waals surface area contributed by atoms with Crippen molar-refractivity contribution in [2.45, 2.75) is 25.9 Å². The van der Waals surface area contributed by atoms with E-state index in [1.165, 1.54) is 16.8 Å². The van der Waals surface area contributed by atoms with E-state index in [0.717, 1.165) is 18.5 Å². The Balaban J connectivity index is 1.84. The highest BCUT2D eigenvalue weighted by Gasteiger charge is 2.25. The van der Waals surface area contributed by atoms with Gasteiger partial charge >= 0.3 is 0 Å². The molecule has 1 N–H and O–H groups in total. The Hall–Kier alpha value is -2.24. The molecule has 2 aromatic rings. The van der Waals surface area contributed by atoms with Crippen LogP contribution in [-0.2, 0) is 13.0 Å². The summed E-state index contributed by atoms with van der Waals surface area (Å²) in [5.74, 6) is 5.67. The van der Waals surface area contributed by atoms with Crippen molar-refractivity contribution in [3.05, 3.63) is 65.2 Å². The van der Waals surface area contributed by atoms with E-state index in [2.05, 4.69) is 60.1 Å². The van der Waals surface area contributed by atoms with Crippen LogP contribution in [0.1, 0.15) is 23.6 Å². The third-order valence-corrected chi connectivity index (χ3v) is 3.94. The predicted octanol–water partition coefficient (Wildman–Crippen LogP) is 2.98. The van der Waals surface area contributed by atoms with Crippen molar-refractivity contribution in [1.29, 1.82) is 0 Å². The van der Waals surface area contributed by atoms with Crippen LogP contribution in [0.2, 0.25) is 0 Å². The van der Waals surface area contributed by atoms with E-state index in [-0.39, 0.29) is 6.61 Å². The molecule has 1 aliphatic heterocycles. The molecular weight excluding hydrogens is 258 g/mol. The van der Waals surface area contributed by atoms with Crippen molar-refractivity contribution < 1.29 is 5.11 Å². The van der Waals surface area contributed by atoms with Gasteiger partial charge in [0.2, 0.25) is 0 Å². The monoisotopic (exact) mass is 277 g/mol. The van der Waals surface area contributed by atoms with Gasteiger partial charge in [-0.05, 0) is 42.7 Å². The molecule has 0 aliphatic carbocycles. The summed E-state index contributed by atoms with van der Waals surface area (Å²) in [6.45, 7) is 3.07. The molecule has 1 atom stereocenters. The van der Waals surface area contributed by atoms with Crippen molar-refractivity contribution in [3.63, 3.8) is 0 Å². The fraction of sp³-hybridized carbons (Fsp3) is 0.263. The van der Waals surface area contributed by atoms with Crippen LogP contribution >= 0.6 is 0 Å². The molecule has 2 heteroatoms. The molecule has 0 bridgehead atoms. The Bertz CT molecular complexity index is 696. The average Bonchev–Trinajstić information content (AvgIpc) is 2.82. The molecule has 0 spiro atoms. The lowest BCUT2D eigenvalue weighted by Gasteiger charge is -2.25. The first-order chi connectivity index (χ1) is 10.3. The van der Waals surface area contributed by atoms with E-state index < -0.39 is 0 Å². The Morgan fingerprint density at radius 1 is 1.19 bits per heavy atom. The maximum Gasteiger partial charge on any atom is 0.104 e. The topological polar surface area (TPSA) is 23.5 Å². The number of aliphatic hydroxyl groups is 1. The van der Waals surface area contributed by atoms with Crippen LogP contribution in [-0.4, -0.2) is 17.8 Å². The van der Waals surface area contributed by atoms with Gasteiger partial charge in [-0.25, -0.2) is 0 Å². The van der Waals surface area contributed by atoms with Crippen LogP contribution in [0.5, 0.6) is 0 Å². The summed E-state index contributed by atoms with van der Waals surface area (Å²) in [4.78, 5) is 2.45. The van der Waals surface area contributed by atoms with Gasteiger partial charge in [-0.1, -0.05) is 42.2 Å². The van der Waals surface area contributed by atoms with E-state index in [0.29, 0.717) is 6.04 Å². The molecule has 1 heterocycles. The number of aliphatic hydroxyl groups excluding tert-OH is 1. The summed E-state index contributed by atoms with van der Waals surface area (Å²) >= 11 is 0. The molecule has 0 amide bonds. The second-order valence-electron chi connectivity index (χ2n) is 5.47. The minimum absolute atomic E-state index is 0.0965. The first-order valence-corrected chi connectivity index (χ1v) is 7.31. The van der Waals surface area contributed by atoms with Crippen LogP contribution in [0.15, 0.2) is 48.5 Å². The van der Waals surface area contributed by atoms with Gasteiger partial charge in [0.1, 0.15) is 6.61 Å². The molecule has 0 saturated heterocycles. The predicted molar refractivity (Wildman–Crippen MR) is 86.2 cm³/mol. The summed E-state index contributed by atoms with van der Waals surface area (Å²) in [5.41, 5.74) is 4.99. The largest absolute Gasteiger partial charge is 0.384 e. The van der Waals surface area contributed by atoms with Crippen molar-refractivity contribution in [1.82, 2.24) is 0 Å². The zero-order valence-electron chi connectivity index (χ0n) is 12.2. The van der Waals surface area contributed by atoms with Crippen molar-refractivity contribution in [3.8, 4) is 11.8 Å². The highest BCUT2D eigenvalue weighted by Crippen LogP contribution is 2.33. The van der Waals surface area contributed by atoms with Gasteiger partial charge in [0.15, 0.2) is 0 Å². The molecule has 106 valence electrons. The fourth-order valence-electron chi connectivity index (χ4n) is 2.96. The molecule has 0 radical (unpaired) electrons. The molecule has 2 nitrogen and oxygen atoms in total. The maximum absolute atomic E-state index is 8.79. The lowest BCUT2D eigenvalue weighted by molar-refractivity contribution is 0.350. The number of fused-ring (bicyclic) bond motifs is 1. The van der Waals surface area contributed by atoms with Crippen LogP contribution in [0.25, 0.3) is 0 Å².